The second-order valence-electron chi connectivity index (χ2n) is 8.44. The number of hydrogen-bond donors (Lipinski definition) is 0. The number of benzene rings is 3. The van der Waals surface area contributed by atoms with Crippen molar-refractivity contribution in [3.05, 3.63) is 94.3 Å². The Hall–Kier alpha value is -2.58. The number of rotatable bonds is 7. The lowest BCUT2D eigenvalue weighted by Gasteiger charge is -2.23. The van der Waals surface area contributed by atoms with Gasteiger partial charge in [-0.25, -0.2) is 4.39 Å². The highest BCUT2D eigenvalue weighted by Gasteiger charge is 2.21. The van der Waals surface area contributed by atoms with Crippen LogP contribution in [0.15, 0.2) is 66.7 Å². The molecule has 0 fully saturated rings. The van der Waals surface area contributed by atoms with Crippen LogP contribution in [-0.2, 0) is 6.42 Å². The summed E-state index contributed by atoms with van der Waals surface area (Å²) in [5.41, 5.74) is 7.17. The zero-order chi connectivity index (χ0) is 22.5. The summed E-state index contributed by atoms with van der Waals surface area (Å²) >= 11 is 6.33. The Balaban J connectivity index is 1.45. The van der Waals surface area contributed by atoms with E-state index in [2.05, 4.69) is 61.5 Å². The highest BCUT2D eigenvalue weighted by molar-refractivity contribution is 6.32. The van der Waals surface area contributed by atoms with Crippen LogP contribution in [0.1, 0.15) is 62.1 Å². The van der Waals surface area contributed by atoms with Crippen molar-refractivity contribution in [2.75, 3.05) is 6.61 Å². The molecule has 0 aliphatic heterocycles. The Morgan fingerprint density at radius 3 is 2.22 bits per heavy atom. The molecule has 166 valence electrons. The van der Waals surface area contributed by atoms with Crippen molar-refractivity contribution in [1.82, 2.24) is 0 Å². The predicted molar refractivity (Wildman–Crippen MR) is 133 cm³/mol. The molecular formula is C29H30ClFO. The van der Waals surface area contributed by atoms with E-state index in [0.29, 0.717) is 12.5 Å². The third-order valence-electron chi connectivity index (χ3n) is 6.31. The van der Waals surface area contributed by atoms with Gasteiger partial charge in [0.2, 0.25) is 0 Å². The van der Waals surface area contributed by atoms with Gasteiger partial charge in [0.25, 0.3) is 0 Å². The molecule has 0 amide bonds. The van der Waals surface area contributed by atoms with Crippen LogP contribution in [0.4, 0.5) is 4.39 Å². The van der Waals surface area contributed by atoms with Crippen molar-refractivity contribution in [3.63, 3.8) is 0 Å². The zero-order valence-corrected chi connectivity index (χ0v) is 19.6. The molecule has 0 saturated carbocycles. The van der Waals surface area contributed by atoms with Crippen molar-refractivity contribution in [2.24, 2.45) is 0 Å². The van der Waals surface area contributed by atoms with E-state index in [9.17, 15) is 4.39 Å². The third kappa shape index (κ3) is 4.91. The van der Waals surface area contributed by atoms with E-state index in [1.54, 1.807) is 6.07 Å². The molecule has 32 heavy (non-hydrogen) atoms. The molecule has 3 heteroatoms. The minimum atomic E-state index is -0.465. The van der Waals surface area contributed by atoms with Gasteiger partial charge in [-0.2, -0.15) is 0 Å². The van der Waals surface area contributed by atoms with E-state index in [4.69, 9.17) is 16.3 Å². The van der Waals surface area contributed by atoms with Gasteiger partial charge in [0.1, 0.15) is 0 Å². The van der Waals surface area contributed by atoms with Gasteiger partial charge in [0.15, 0.2) is 11.6 Å². The third-order valence-corrected chi connectivity index (χ3v) is 6.68. The van der Waals surface area contributed by atoms with E-state index >= 15 is 0 Å². The number of ether oxygens (including phenoxy) is 1. The van der Waals surface area contributed by atoms with Crippen molar-refractivity contribution in [3.8, 4) is 16.9 Å². The lowest BCUT2D eigenvalue weighted by molar-refractivity contribution is 0.321. The summed E-state index contributed by atoms with van der Waals surface area (Å²) in [6.45, 7) is 4.46. The fraction of sp³-hybridized carbons (Fsp3) is 0.310. The molecular weight excluding hydrogens is 419 g/mol. The maximum absolute atomic E-state index is 14.5. The monoisotopic (exact) mass is 448 g/mol. The molecule has 0 aromatic heterocycles. The van der Waals surface area contributed by atoms with Gasteiger partial charge in [0.05, 0.1) is 11.6 Å². The van der Waals surface area contributed by atoms with Crippen LogP contribution in [0.25, 0.3) is 16.7 Å². The number of allylic oxidation sites excluding steroid dienone is 2. The second kappa shape index (κ2) is 10.4. The van der Waals surface area contributed by atoms with Crippen molar-refractivity contribution >= 4 is 17.2 Å². The smallest absolute Gasteiger partial charge is 0.184 e. The minimum absolute atomic E-state index is 0.162. The Morgan fingerprint density at radius 2 is 1.62 bits per heavy atom. The molecule has 1 aliphatic carbocycles. The molecule has 0 saturated heterocycles. The molecule has 3 aromatic carbocycles. The van der Waals surface area contributed by atoms with Gasteiger partial charge in [0, 0.05) is 0 Å². The van der Waals surface area contributed by atoms with Gasteiger partial charge < -0.3 is 4.74 Å². The lowest BCUT2D eigenvalue weighted by Crippen LogP contribution is -2.05. The minimum Gasteiger partial charge on any atom is -0.491 e. The van der Waals surface area contributed by atoms with Crippen molar-refractivity contribution < 1.29 is 9.13 Å². The molecule has 0 radical (unpaired) electrons. The van der Waals surface area contributed by atoms with Gasteiger partial charge >= 0.3 is 0 Å². The summed E-state index contributed by atoms with van der Waals surface area (Å²) in [5.74, 6) is 0.231. The zero-order valence-electron chi connectivity index (χ0n) is 18.8. The fourth-order valence-electron chi connectivity index (χ4n) is 4.53. The molecule has 1 nitrogen and oxygen atoms in total. The molecule has 1 unspecified atom stereocenters. The molecule has 4 rings (SSSR count). The topological polar surface area (TPSA) is 9.23 Å². The predicted octanol–water partition coefficient (Wildman–Crippen LogP) is 8.85. The molecule has 0 heterocycles. The van der Waals surface area contributed by atoms with Gasteiger partial charge in [-0.1, -0.05) is 79.6 Å². The molecule has 1 atom stereocenters. The largest absolute Gasteiger partial charge is 0.491 e. The molecule has 0 N–H and O–H groups in total. The van der Waals surface area contributed by atoms with Crippen molar-refractivity contribution in [2.45, 2.75) is 51.9 Å². The van der Waals surface area contributed by atoms with Crippen LogP contribution < -0.4 is 4.74 Å². The molecule has 3 aromatic rings. The maximum Gasteiger partial charge on any atom is 0.184 e. The van der Waals surface area contributed by atoms with E-state index in [-0.39, 0.29) is 10.8 Å². The summed E-state index contributed by atoms with van der Waals surface area (Å²) in [6.07, 6.45) is 7.37. The maximum atomic E-state index is 14.5. The van der Waals surface area contributed by atoms with Gasteiger partial charge in [-0.15, -0.1) is 0 Å². The summed E-state index contributed by atoms with van der Waals surface area (Å²) < 4.78 is 19.8. The van der Waals surface area contributed by atoms with Crippen LogP contribution in [0.3, 0.4) is 0 Å². The van der Waals surface area contributed by atoms with Crippen molar-refractivity contribution in [1.29, 1.82) is 0 Å². The Morgan fingerprint density at radius 1 is 0.938 bits per heavy atom. The summed E-state index contributed by atoms with van der Waals surface area (Å²) in [7, 11) is 0. The normalized spacial score (nSPS) is 16.0. The summed E-state index contributed by atoms with van der Waals surface area (Å²) in [6, 6.07) is 21.4. The van der Waals surface area contributed by atoms with E-state index in [1.807, 2.05) is 13.0 Å². The molecule has 0 bridgehead atoms. The summed E-state index contributed by atoms with van der Waals surface area (Å²) in [4.78, 5) is 0. The SMILES string of the molecule is CCCc1ccc(-c2ccc(C3CC=C(c4ccc(OCC)c(F)c4Cl)CC3)cc2)cc1. The summed E-state index contributed by atoms with van der Waals surface area (Å²) in [5, 5.41) is 0.162. The van der Waals surface area contributed by atoms with Gasteiger partial charge in [-0.3, -0.25) is 0 Å². The molecule has 0 spiro atoms. The van der Waals surface area contributed by atoms with Crippen LogP contribution in [0, 0.1) is 5.82 Å². The highest BCUT2D eigenvalue weighted by atomic mass is 35.5. The number of hydrogen-bond acceptors (Lipinski definition) is 1. The Labute approximate surface area is 195 Å². The lowest BCUT2D eigenvalue weighted by atomic mass is 9.82. The first-order valence-corrected chi connectivity index (χ1v) is 12.0. The van der Waals surface area contributed by atoms with Gasteiger partial charge in [-0.05, 0) is 84.0 Å². The second-order valence-corrected chi connectivity index (χ2v) is 8.82. The average molecular weight is 449 g/mol. The average Bonchev–Trinajstić information content (AvgIpc) is 2.83. The molecule has 1 aliphatic rings. The van der Waals surface area contributed by atoms with Crippen LogP contribution in [0.2, 0.25) is 5.02 Å². The van der Waals surface area contributed by atoms with Crippen LogP contribution in [0.5, 0.6) is 5.75 Å². The Kier molecular flexibility index (Phi) is 7.32. The first-order chi connectivity index (χ1) is 15.6. The van der Waals surface area contributed by atoms with Crippen LogP contribution in [-0.4, -0.2) is 6.61 Å². The quantitative estimate of drug-likeness (QED) is 0.350. The first kappa shape index (κ1) is 22.6. The van der Waals surface area contributed by atoms with E-state index < -0.39 is 5.82 Å². The van der Waals surface area contributed by atoms with E-state index in [0.717, 1.165) is 36.8 Å². The Bertz CT molecular complexity index is 1080. The number of aryl methyl sites for hydroxylation is 1. The fourth-order valence-corrected chi connectivity index (χ4v) is 4.81. The standard InChI is InChI=1S/C29H30ClFO/c1-3-5-20-6-8-21(9-7-20)22-10-12-23(13-11-22)24-14-16-25(17-15-24)26-18-19-27(32-4-2)29(31)28(26)30/h6-13,16,18-19,24H,3-5,14-15,17H2,1-2H3. The van der Waals surface area contributed by atoms with E-state index in [1.165, 1.54) is 28.7 Å². The highest BCUT2D eigenvalue weighted by Crippen LogP contribution is 2.40. The first-order valence-electron chi connectivity index (χ1n) is 11.6. The van der Waals surface area contributed by atoms with Crippen LogP contribution >= 0.6 is 11.6 Å². The number of halogens is 2.